The molecule has 4 aromatic rings. The van der Waals surface area contributed by atoms with Crippen LogP contribution in [-0.4, -0.2) is 31.3 Å². The Hall–Kier alpha value is -2.48. The van der Waals surface area contributed by atoms with Crippen LogP contribution in [0.5, 0.6) is 0 Å². The normalized spacial score (nSPS) is 11.5. The van der Waals surface area contributed by atoms with E-state index < -0.39 is 0 Å². The number of nitrogens with zero attached hydrogens (tertiary/aromatic N) is 5. The van der Waals surface area contributed by atoms with Gasteiger partial charge in [0.1, 0.15) is 6.61 Å². The molecule has 0 bridgehead atoms. The predicted molar refractivity (Wildman–Crippen MR) is 94.6 cm³/mol. The summed E-state index contributed by atoms with van der Waals surface area (Å²) in [5.74, 6) is 0.891. The highest BCUT2D eigenvalue weighted by molar-refractivity contribution is 6.34. The molecule has 126 valence electrons. The SMILES string of the molecule is COCc1nc2ncc3c(=O)n(-c4cc(Cl)ccc4Cl)ccc3n2n1. The Kier molecular flexibility index (Phi) is 3.91. The van der Waals surface area contributed by atoms with Crippen molar-refractivity contribution in [3.63, 3.8) is 0 Å². The van der Waals surface area contributed by atoms with Gasteiger partial charge >= 0.3 is 0 Å². The van der Waals surface area contributed by atoms with E-state index in [1.807, 2.05) is 0 Å². The molecule has 0 fully saturated rings. The highest BCUT2D eigenvalue weighted by Crippen LogP contribution is 2.24. The Morgan fingerprint density at radius 2 is 2.08 bits per heavy atom. The largest absolute Gasteiger partial charge is 0.377 e. The number of halogens is 2. The lowest BCUT2D eigenvalue weighted by atomic mass is 10.2. The third kappa shape index (κ3) is 2.66. The van der Waals surface area contributed by atoms with Crippen LogP contribution >= 0.6 is 23.2 Å². The quantitative estimate of drug-likeness (QED) is 0.550. The molecule has 0 unspecified atom stereocenters. The molecule has 9 heteroatoms. The van der Waals surface area contributed by atoms with Crippen LogP contribution < -0.4 is 5.56 Å². The summed E-state index contributed by atoms with van der Waals surface area (Å²) in [5, 5.41) is 5.62. The van der Waals surface area contributed by atoms with Gasteiger partial charge in [0.05, 0.1) is 21.6 Å². The first-order chi connectivity index (χ1) is 12.1. The van der Waals surface area contributed by atoms with Crippen molar-refractivity contribution in [2.75, 3.05) is 7.11 Å². The number of rotatable bonds is 3. The third-order valence-corrected chi connectivity index (χ3v) is 4.27. The van der Waals surface area contributed by atoms with Gasteiger partial charge in [-0.2, -0.15) is 9.50 Å². The zero-order chi connectivity index (χ0) is 17.6. The van der Waals surface area contributed by atoms with Gasteiger partial charge in [0, 0.05) is 24.5 Å². The molecule has 0 aliphatic heterocycles. The molecule has 0 saturated heterocycles. The van der Waals surface area contributed by atoms with Gasteiger partial charge in [0.25, 0.3) is 11.3 Å². The fraction of sp³-hybridized carbons (Fsp3) is 0.125. The van der Waals surface area contributed by atoms with Gasteiger partial charge in [-0.05, 0) is 24.3 Å². The summed E-state index contributed by atoms with van der Waals surface area (Å²) in [6.07, 6.45) is 3.10. The second kappa shape index (κ2) is 6.11. The monoisotopic (exact) mass is 375 g/mol. The fourth-order valence-electron chi connectivity index (χ4n) is 2.61. The molecule has 0 aliphatic carbocycles. The van der Waals surface area contributed by atoms with Crippen LogP contribution in [0.4, 0.5) is 0 Å². The average Bonchev–Trinajstić information content (AvgIpc) is 3.01. The number of hydrogen-bond acceptors (Lipinski definition) is 5. The minimum Gasteiger partial charge on any atom is -0.377 e. The minimum absolute atomic E-state index is 0.264. The highest BCUT2D eigenvalue weighted by Gasteiger charge is 2.13. The standard InChI is InChI=1S/C16H11Cl2N5O2/c1-25-8-14-20-16-19-7-10-12(23(16)21-14)4-5-22(15(10)24)13-6-9(17)2-3-11(13)18/h2-7H,8H2,1H3. The number of fused-ring (bicyclic) bond motifs is 3. The number of aromatic nitrogens is 5. The lowest BCUT2D eigenvalue weighted by Crippen LogP contribution is -2.19. The maximum absolute atomic E-state index is 12.9. The zero-order valence-electron chi connectivity index (χ0n) is 13.0. The molecule has 0 saturated carbocycles. The number of methoxy groups -OCH3 is 1. The van der Waals surface area contributed by atoms with Crippen LogP contribution in [0.25, 0.3) is 22.4 Å². The van der Waals surface area contributed by atoms with E-state index in [1.165, 1.54) is 15.3 Å². The van der Waals surface area contributed by atoms with Gasteiger partial charge in [-0.3, -0.25) is 9.36 Å². The van der Waals surface area contributed by atoms with E-state index in [2.05, 4.69) is 15.1 Å². The van der Waals surface area contributed by atoms with Crippen LogP contribution in [0.1, 0.15) is 5.82 Å². The topological polar surface area (TPSA) is 74.3 Å². The molecule has 1 aromatic carbocycles. The molecule has 7 nitrogen and oxygen atoms in total. The van der Waals surface area contributed by atoms with E-state index in [4.69, 9.17) is 27.9 Å². The Bertz CT molecular complexity index is 1170. The van der Waals surface area contributed by atoms with Crippen LogP contribution in [-0.2, 0) is 11.3 Å². The summed E-state index contributed by atoms with van der Waals surface area (Å²) < 4.78 is 7.99. The summed E-state index contributed by atoms with van der Waals surface area (Å²) >= 11 is 12.2. The van der Waals surface area contributed by atoms with E-state index in [9.17, 15) is 4.79 Å². The summed E-state index contributed by atoms with van der Waals surface area (Å²) in [6.45, 7) is 0.264. The molecular weight excluding hydrogens is 365 g/mol. The van der Waals surface area contributed by atoms with Crippen molar-refractivity contribution in [2.45, 2.75) is 6.61 Å². The second-order valence-electron chi connectivity index (χ2n) is 5.32. The van der Waals surface area contributed by atoms with Gasteiger partial charge < -0.3 is 4.74 Å². The van der Waals surface area contributed by atoms with Gasteiger partial charge in [0.15, 0.2) is 5.82 Å². The lowest BCUT2D eigenvalue weighted by Gasteiger charge is -2.09. The van der Waals surface area contributed by atoms with Crippen molar-refractivity contribution in [3.8, 4) is 5.69 Å². The Labute approximate surface area is 151 Å². The maximum atomic E-state index is 12.9. The molecule has 4 rings (SSSR count). The van der Waals surface area contributed by atoms with Gasteiger partial charge in [-0.25, -0.2) is 4.98 Å². The highest BCUT2D eigenvalue weighted by atomic mass is 35.5. The van der Waals surface area contributed by atoms with E-state index in [0.29, 0.717) is 38.2 Å². The van der Waals surface area contributed by atoms with Crippen molar-refractivity contribution >= 4 is 39.9 Å². The van der Waals surface area contributed by atoms with Crippen LogP contribution in [0.3, 0.4) is 0 Å². The van der Waals surface area contributed by atoms with Crippen molar-refractivity contribution in [2.24, 2.45) is 0 Å². The number of hydrogen-bond donors (Lipinski definition) is 0. The number of ether oxygens (including phenoxy) is 1. The lowest BCUT2D eigenvalue weighted by molar-refractivity contribution is 0.178. The van der Waals surface area contributed by atoms with Crippen LogP contribution in [0.15, 0.2) is 41.5 Å². The summed E-state index contributed by atoms with van der Waals surface area (Å²) in [6, 6.07) is 6.70. The van der Waals surface area contributed by atoms with Gasteiger partial charge in [0.2, 0.25) is 0 Å². The molecule has 0 amide bonds. The van der Waals surface area contributed by atoms with E-state index >= 15 is 0 Å². The minimum atomic E-state index is -0.278. The smallest absolute Gasteiger partial charge is 0.266 e. The van der Waals surface area contributed by atoms with Crippen LogP contribution in [0.2, 0.25) is 10.0 Å². The molecule has 25 heavy (non-hydrogen) atoms. The zero-order valence-corrected chi connectivity index (χ0v) is 14.5. The van der Waals surface area contributed by atoms with E-state index in [0.717, 1.165) is 0 Å². The van der Waals surface area contributed by atoms with Crippen molar-refractivity contribution in [1.82, 2.24) is 24.1 Å². The summed E-state index contributed by atoms with van der Waals surface area (Å²) in [5.41, 5.74) is 0.818. The molecular formula is C16H11Cl2N5O2. The van der Waals surface area contributed by atoms with Crippen molar-refractivity contribution < 1.29 is 4.74 Å². The molecule has 3 aromatic heterocycles. The number of benzene rings is 1. The first-order valence-electron chi connectivity index (χ1n) is 7.29. The van der Waals surface area contributed by atoms with Crippen LogP contribution in [0, 0.1) is 0 Å². The average molecular weight is 376 g/mol. The maximum Gasteiger partial charge on any atom is 0.266 e. The predicted octanol–water partition coefficient (Wildman–Crippen LogP) is 2.88. The van der Waals surface area contributed by atoms with Crippen molar-refractivity contribution in [3.05, 3.63) is 62.9 Å². The summed E-state index contributed by atoms with van der Waals surface area (Å²) in [4.78, 5) is 21.4. The molecule has 0 N–H and O–H groups in total. The Balaban J connectivity index is 1.98. The number of pyridine rings is 1. The summed E-state index contributed by atoms with van der Waals surface area (Å²) in [7, 11) is 1.56. The Morgan fingerprint density at radius 1 is 1.24 bits per heavy atom. The first-order valence-corrected chi connectivity index (χ1v) is 8.04. The van der Waals surface area contributed by atoms with Gasteiger partial charge in [-0.15, -0.1) is 5.10 Å². The molecule has 0 spiro atoms. The fourth-order valence-corrected chi connectivity index (χ4v) is 2.99. The first kappa shape index (κ1) is 16.0. The van der Waals surface area contributed by atoms with E-state index in [-0.39, 0.29) is 12.2 Å². The molecule has 0 radical (unpaired) electrons. The molecule has 0 aliphatic rings. The Morgan fingerprint density at radius 3 is 2.88 bits per heavy atom. The van der Waals surface area contributed by atoms with Gasteiger partial charge in [-0.1, -0.05) is 23.2 Å². The van der Waals surface area contributed by atoms with Crippen molar-refractivity contribution in [1.29, 1.82) is 0 Å². The third-order valence-electron chi connectivity index (χ3n) is 3.72. The molecule has 0 atom stereocenters. The van der Waals surface area contributed by atoms with E-state index in [1.54, 1.807) is 37.6 Å². The second-order valence-corrected chi connectivity index (χ2v) is 6.16. The molecule has 3 heterocycles.